The van der Waals surface area contributed by atoms with Crippen LogP contribution in [0.5, 0.6) is 0 Å². The molecule has 1 aromatic rings. The van der Waals surface area contributed by atoms with Crippen molar-refractivity contribution in [3.63, 3.8) is 0 Å². The molecule has 1 heterocycles. The van der Waals surface area contributed by atoms with Crippen LogP contribution in [-0.2, 0) is 11.3 Å². The predicted octanol–water partition coefficient (Wildman–Crippen LogP) is 2.37. The molecule has 17 heavy (non-hydrogen) atoms. The smallest absolute Gasteiger partial charge is 0.0857 e. The average molecular weight is 239 g/mol. The molecule has 0 aliphatic heterocycles. The van der Waals surface area contributed by atoms with Crippen molar-refractivity contribution in [3.8, 4) is 0 Å². The lowest BCUT2D eigenvalue weighted by molar-refractivity contribution is -0.0302. The first kappa shape index (κ1) is 14.2. The Morgan fingerprint density at radius 2 is 2.24 bits per heavy atom. The molecule has 98 valence electrons. The second kappa shape index (κ2) is 6.17. The summed E-state index contributed by atoms with van der Waals surface area (Å²) in [6, 6.07) is 2.23. The number of aryl methyl sites for hydroxylation is 1. The summed E-state index contributed by atoms with van der Waals surface area (Å²) in [5.41, 5.74) is 0.987. The van der Waals surface area contributed by atoms with Gasteiger partial charge in [0.15, 0.2) is 0 Å². The first-order chi connectivity index (χ1) is 8.12. The zero-order valence-corrected chi connectivity index (χ0v) is 11.7. The van der Waals surface area contributed by atoms with Crippen LogP contribution in [0, 0.1) is 0 Å². The largest absolute Gasteiger partial charge is 0.376 e. The normalized spacial score (nSPS) is 16.8. The summed E-state index contributed by atoms with van der Waals surface area (Å²) < 4.78 is 7.76. The molecule has 0 bridgehead atoms. The molecule has 0 spiro atoms. The fourth-order valence-electron chi connectivity index (χ4n) is 2.22. The van der Waals surface area contributed by atoms with Crippen molar-refractivity contribution < 1.29 is 4.74 Å². The van der Waals surface area contributed by atoms with Gasteiger partial charge in [-0.2, -0.15) is 5.10 Å². The van der Waals surface area contributed by atoms with E-state index in [9.17, 15) is 0 Å². The van der Waals surface area contributed by atoms with Crippen LogP contribution in [0.15, 0.2) is 12.3 Å². The van der Waals surface area contributed by atoms with Gasteiger partial charge in [-0.3, -0.25) is 4.68 Å². The fraction of sp³-hybridized carbons (Fsp3) is 0.769. The molecule has 1 rings (SSSR count). The lowest BCUT2D eigenvalue weighted by atomic mass is 9.90. The van der Waals surface area contributed by atoms with Gasteiger partial charge in [0.05, 0.1) is 17.3 Å². The van der Waals surface area contributed by atoms with Gasteiger partial charge < -0.3 is 10.1 Å². The molecule has 0 aliphatic rings. The summed E-state index contributed by atoms with van der Waals surface area (Å²) in [7, 11) is 3.75. The minimum absolute atomic E-state index is 0.159. The maximum absolute atomic E-state index is 5.69. The molecule has 0 radical (unpaired) electrons. The number of nitrogens with zero attached hydrogens (tertiary/aromatic N) is 2. The van der Waals surface area contributed by atoms with Crippen LogP contribution in [-0.4, -0.2) is 29.5 Å². The minimum atomic E-state index is -0.208. The topological polar surface area (TPSA) is 39.1 Å². The van der Waals surface area contributed by atoms with Crippen LogP contribution in [0.1, 0.15) is 45.3 Å². The lowest BCUT2D eigenvalue weighted by Crippen LogP contribution is -2.42. The van der Waals surface area contributed by atoms with Crippen LogP contribution in [0.25, 0.3) is 0 Å². The number of ether oxygens (including phenoxy) is 1. The fourth-order valence-corrected chi connectivity index (χ4v) is 2.22. The van der Waals surface area contributed by atoms with Crippen molar-refractivity contribution in [3.05, 3.63) is 18.0 Å². The van der Waals surface area contributed by atoms with Crippen LogP contribution >= 0.6 is 0 Å². The van der Waals surface area contributed by atoms with Gasteiger partial charge in [-0.15, -0.1) is 0 Å². The third-order valence-corrected chi connectivity index (χ3v) is 3.55. The van der Waals surface area contributed by atoms with Gasteiger partial charge in [-0.05, 0) is 32.9 Å². The Hall–Kier alpha value is -0.870. The molecule has 2 unspecified atom stereocenters. The van der Waals surface area contributed by atoms with Crippen molar-refractivity contribution in [2.75, 3.05) is 14.2 Å². The molecule has 4 heteroatoms. The summed E-state index contributed by atoms with van der Waals surface area (Å²) in [5.74, 6) is 0. The Balaban J connectivity index is 3.04. The van der Waals surface area contributed by atoms with E-state index in [0.717, 1.165) is 19.4 Å². The van der Waals surface area contributed by atoms with Gasteiger partial charge >= 0.3 is 0 Å². The van der Waals surface area contributed by atoms with Crippen molar-refractivity contribution in [1.82, 2.24) is 15.1 Å². The molecule has 0 saturated heterocycles. The van der Waals surface area contributed by atoms with E-state index < -0.39 is 0 Å². The van der Waals surface area contributed by atoms with Crippen molar-refractivity contribution >= 4 is 0 Å². The average Bonchev–Trinajstić information content (AvgIpc) is 2.78. The molecular weight excluding hydrogens is 214 g/mol. The van der Waals surface area contributed by atoms with E-state index in [4.69, 9.17) is 4.74 Å². The maximum atomic E-state index is 5.69. The quantitative estimate of drug-likeness (QED) is 0.794. The maximum Gasteiger partial charge on any atom is 0.0857 e. The molecule has 0 fully saturated rings. The van der Waals surface area contributed by atoms with E-state index >= 15 is 0 Å². The first-order valence-corrected chi connectivity index (χ1v) is 6.37. The Kier molecular flexibility index (Phi) is 5.15. The first-order valence-electron chi connectivity index (χ1n) is 6.37. The zero-order chi connectivity index (χ0) is 12.9. The predicted molar refractivity (Wildman–Crippen MR) is 70.0 cm³/mol. The monoisotopic (exact) mass is 239 g/mol. The van der Waals surface area contributed by atoms with Crippen LogP contribution in [0.3, 0.4) is 0 Å². The molecule has 4 nitrogen and oxygen atoms in total. The number of hydrogen-bond acceptors (Lipinski definition) is 3. The number of nitrogens with one attached hydrogen (secondary N) is 1. The molecule has 0 aliphatic carbocycles. The second-order valence-corrected chi connectivity index (χ2v) is 4.57. The van der Waals surface area contributed by atoms with Crippen molar-refractivity contribution in [2.24, 2.45) is 0 Å². The summed E-state index contributed by atoms with van der Waals surface area (Å²) in [5, 5.41) is 7.74. The highest BCUT2D eigenvalue weighted by Crippen LogP contribution is 2.31. The van der Waals surface area contributed by atoms with Gasteiger partial charge in [0.1, 0.15) is 0 Å². The van der Waals surface area contributed by atoms with Gasteiger partial charge in [0.2, 0.25) is 0 Å². The number of hydrogen-bond donors (Lipinski definition) is 1. The Morgan fingerprint density at radius 3 is 2.71 bits per heavy atom. The summed E-state index contributed by atoms with van der Waals surface area (Å²) in [6.07, 6.45) is 3.90. The molecule has 1 aromatic heterocycles. The van der Waals surface area contributed by atoms with Crippen LogP contribution in [0.2, 0.25) is 0 Å². The van der Waals surface area contributed by atoms with Gasteiger partial charge in [-0.25, -0.2) is 0 Å². The van der Waals surface area contributed by atoms with Gasteiger partial charge in [0.25, 0.3) is 0 Å². The molecule has 0 saturated carbocycles. The standard InChI is InChI=1S/C13H25N3O/c1-6-10-16-11(8-9-15-16)12(14-4)13(3,7-2)17-5/h8-9,12,14H,6-7,10H2,1-5H3. The van der Waals surface area contributed by atoms with Crippen LogP contribution < -0.4 is 5.32 Å². The van der Waals surface area contributed by atoms with E-state index in [1.165, 1.54) is 5.69 Å². The lowest BCUT2D eigenvalue weighted by Gasteiger charge is -2.35. The Bertz CT molecular complexity index is 331. The number of rotatable bonds is 7. The molecule has 0 amide bonds. The number of likely N-dealkylation sites (N-methyl/N-ethyl adjacent to an activating group) is 1. The number of aromatic nitrogens is 2. The highest BCUT2D eigenvalue weighted by Gasteiger charge is 2.34. The summed E-state index contributed by atoms with van der Waals surface area (Å²) >= 11 is 0. The second-order valence-electron chi connectivity index (χ2n) is 4.57. The molecular formula is C13H25N3O. The molecule has 1 N–H and O–H groups in total. The number of methoxy groups -OCH3 is 1. The van der Waals surface area contributed by atoms with Crippen LogP contribution in [0.4, 0.5) is 0 Å². The highest BCUT2D eigenvalue weighted by molar-refractivity contribution is 5.12. The molecule has 0 aromatic carbocycles. The Labute approximate surface area is 104 Å². The summed E-state index contributed by atoms with van der Waals surface area (Å²) in [4.78, 5) is 0. The molecule has 2 atom stereocenters. The van der Waals surface area contributed by atoms with E-state index in [1.807, 2.05) is 13.2 Å². The Morgan fingerprint density at radius 1 is 1.53 bits per heavy atom. The summed E-state index contributed by atoms with van der Waals surface area (Å²) in [6.45, 7) is 7.39. The van der Waals surface area contributed by atoms with E-state index in [-0.39, 0.29) is 11.6 Å². The van der Waals surface area contributed by atoms with E-state index in [1.54, 1.807) is 7.11 Å². The third kappa shape index (κ3) is 2.87. The van der Waals surface area contributed by atoms with Gasteiger partial charge in [-0.1, -0.05) is 13.8 Å². The van der Waals surface area contributed by atoms with Gasteiger partial charge in [0, 0.05) is 19.9 Å². The highest BCUT2D eigenvalue weighted by atomic mass is 16.5. The van der Waals surface area contributed by atoms with Crippen molar-refractivity contribution in [2.45, 2.75) is 51.8 Å². The SMILES string of the molecule is CCCn1nccc1C(NC)C(C)(CC)OC. The third-order valence-electron chi connectivity index (χ3n) is 3.55. The minimum Gasteiger partial charge on any atom is -0.376 e. The van der Waals surface area contributed by atoms with Crippen molar-refractivity contribution in [1.29, 1.82) is 0 Å². The van der Waals surface area contributed by atoms with E-state index in [2.05, 4.69) is 41.9 Å². The van der Waals surface area contributed by atoms with E-state index in [0.29, 0.717) is 0 Å². The zero-order valence-electron chi connectivity index (χ0n) is 11.7.